The van der Waals surface area contributed by atoms with Crippen LogP contribution >= 0.6 is 23.2 Å². The van der Waals surface area contributed by atoms with Gasteiger partial charge in [-0.2, -0.15) is 0 Å². The fraction of sp³-hybridized carbons (Fsp3) is 0.438. The van der Waals surface area contributed by atoms with Crippen LogP contribution in [0.3, 0.4) is 0 Å². The van der Waals surface area contributed by atoms with Gasteiger partial charge in [-0.25, -0.2) is 4.79 Å². The molecule has 25 heavy (non-hydrogen) atoms. The van der Waals surface area contributed by atoms with E-state index in [1.165, 1.54) is 9.80 Å². The Morgan fingerprint density at radius 2 is 2.00 bits per heavy atom. The standard InChI is InChI=1S/C16H16Cl2N2O5/c17-9-1-2-11(18)12(7-9)20-4-3-10(15(20)22)14(21)19-5-6-25-13(8-19)16(23)24/h1-2,7,10,13H,3-6,8H2,(H,23,24)/t10-,13+/m1/s1. The summed E-state index contributed by atoms with van der Waals surface area (Å²) in [6, 6.07) is 4.81. The largest absolute Gasteiger partial charge is 0.479 e. The van der Waals surface area contributed by atoms with E-state index < -0.39 is 18.0 Å². The second kappa shape index (κ2) is 7.19. The maximum atomic E-state index is 12.7. The Labute approximate surface area is 154 Å². The average molecular weight is 387 g/mol. The Bertz CT molecular complexity index is 726. The number of amides is 2. The van der Waals surface area contributed by atoms with E-state index in [0.717, 1.165) is 0 Å². The molecule has 0 saturated carbocycles. The lowest BCUT2D eigenvalue weighted by Crippen LogP contribution is -2.51. The average Bonchev–Trinajstić information content (AvgIpc) is 2.98. The molecule has 0 aliphatic carbocycles. The first-order valence-corrected chi connectivity index (χ1v) is 8.53. The van der Waals surface area contributed by atoms with Gasteiger partial charge in [0, 0.05) is 18.1 Å². The zero-order chi connectivity index (χ0) is 18.1. The van der Waals surface area contributed by atoms with E-state index in [1.54, 1.807) is 18.2 Å². The van der Waals surface area contributed by atoms with Crippen LogP contribution in [0.1, 0.15) is 6.42 Å². The van der Waals surface area contributed by atoms with E-state index in [2.05, 4.69) is 0 Å². The van der Waals surface area contributed by atoms with Crippen molar-refractivity contribution in [2.45, 2.75) is 12.5 Å². The van der Waals surface area contributed by atoms with Gasteiger partial charge in [0.1, 0.15) is 5.92 Å². The van der Waals surface area contributed by atoms with Crippen molar-refractivity contribution in [2.24, 2.45) is 5.92 Å². The predicted octanol–water partition coefficient (Wildman–Crippen LogP) is 1.66. The minimum atomic E-state index is -1.12. The van der Waals surface area contributed by atoms with Crippen molar-refractivity contribution in [1.82, 2.24) is 4.90 Å². The van der Waals surface area contributed by atoms with Crippen LogP contribution in [0.25, 0.3) is 0 Å². The third-order valence-corrected chi connectivity index (χ3v) is 4.91. The van der Waals surface area contributed by atoms with Gasteiger partial charge in [0.15, 0.2) is 6.10 Å². The summed E-state index contributed by atoms with van der Waals surface area (Å²) in [6.07, 6.45) is -0.719. The van der Waals surface area contributed by atoms with Gasteiger partial charge < -0.3 is 19.6 Å². The number of nitrogens with zero attached hydrogens (tertiary/aromatic N) is 2. The summed E-state index contributed by atoms with van der Waals surface area (Å²) >= 11 is 12.1. The lowest BCUT2D eigenvalue weighted by Gasteiger charge is -2.32. The summed E-state index contributed by atoms with van der Waals surface area (Å²) in [5, 5.41) is 9.86. The first-order chi connectivity index (χ1) is 11.9. The summed E-state index contributed by atoms with van der Waals surface area (Å²) < 4.78 is 5.11. The molecule has 1 aromatic carbocycles. The molecule has 0 unspecified atom stereocenters. The highest BCUT2D eigenvalue weighted by Gasteiger charge is 2.42. The van der Waals surface area contributed by atoms with Crippen LogP contribution in [0, 0.1) is 5.92 Å². The Morgan fingerprint density at radius 3 is 2.72 bits per heavy atom. The number of anilines is 1. The van der Waals surface area contributed by atoms with Crippen molar-refractivity contribution in [2.75, 3.05) is 31.1 Å². The van der Waals surface area contributed by atoms with Crippen molar-refractivity contribution in [3.05, 3.63) is 28.2 Å². The first kappa shape index (κ1) is 18.0. The Balaban J connectivity index is 1.74. The molecule has 0 spiro atoms. The molecular weight excluding hydrogens is 371 g/mol. The van der Waals surface area contributed by atoms with Crippen LogP contribution < -0.4 is 4.90 Å². The minimum Gasteiger partial charge on any atom is -0.479 e. The van der Waals surface area contributed by atoms with Gasteiger partial charge >= 0.3 is 5.97 Å². The van der Waals surface area contributed by atoms with E-state index in [9.17, 15) is 14.4 Å². The van der Waals surface area contributed by atoms with E-state index >= 15 is 0 Å². The molecule has 134 valence electrons. The third-order valence-electron chi connectivity index (χ3n) is 4.36. The maximum Gasteiger partial charge on any atom is 0.334 e. The topological polar surface area (TPSA) is 87.2 Å². The maximum absolute atomic E-state index is 12.7. The zero-order valence-corrected chi connectivity index (χ0v) is 14.7. The molecule has 2 aliphatic heterocycles. The second-order valence-corrected chi connectivity index (χ2v) is 6.75. The van der Waals surface area contributed by atoms with Gasteiger partial charge in [0.2, 0.25) is 11.8 Å². The van der Waals surface area contributed by atoms with Gasteiger partial charge in [0.05, 0.1) is 23.9 Å². The predicted molar refractivity (Wildman–Crippen MR) is 90.9 cm³/mol. The smallest absolute Gasteiger partial charge is 0.334 e. The van der Waals surface area contributed by atoms with E-state index in [4.69, 9.17) is 33.0 Å². The molecule has 2 atom stereocenters. The summed E-state index contributed by atoms with van der Waals surface area (Å²) in [6.45, 7) is 0.690. The lowest BCUT2D eigenvalue weighted by molar-refractivity contribution is -0.160. The molecule has 2 heterocycles. The molecule has 7 nitrogen and oxygen atoms in total. The molecule has 2 amide bonds. The van der Waals surface area contributed by atoms with E-state index in [-0.39, 0.29) is 31.5 Å². The van der Waals surface area contributed by atoms with Crippen molar-refractivity contribution in [1.29, 1.82) is 0 Å². The molecule has 3 rings (SSSR count). The summed E-state index contributed by atoms with van der Waals surface area (Å²) in [7, 11) is 0. The molecule has 0 bridgehead atoms. The molecule has 0 aromatic heterocycles. The minimum absolute atomic E-state index is 0.0597. The number of carboxylic acid groups (broad SMARTS) is 1. The number of carbonyl (C=O) groups excluding carboxylic acids is 2. The number of halogens is 2. The number of carbonyl (C=O) groups is 3. The van der Waals surface area contributed by atoms with Crippen LogP contribution in [-0.4, -0.2) is 60.1 Å². The van der Waals surface area contributed by atoms with E-state index in [1.807, 2.05) is 0 Å². The van der Waals surface area contributed by atoms with E-state index in [0.29, 0.717) is 28.7 Å². The second-order valence-electron chi connectivity index (χ2n) is 5.91. The van der Waals surface area contributed by atoms with Gasteiger partial charge in [-0.1, -0.05) is 23.2 Å². The first-order valence-electron chi connectivity index (χ1n) is 7.78. The number of morpholine rings is 1. The van der Waals surface area contributed by atoms with Gasteiger partial charge in [0.25, 0.3) is 0 Å². The number of hydrogen-bond donors (Lipinski definition) is 1. The highest BCUT2D eigenvalue weighted by atomic mass is 35.5. The van der Waals surface area contributed by atoms with Crippen molar-refractivity contribution < 1.29 is 24.2 Å². The van der Waals surface area contributed by atoms with Crippen molar-refractivity contribution in [3.8, 4) is 0 Å². The van der Waals surface area contributed by atoms with Crippen molar-refractivity contribution >= 4 is 46.7 Å². The van der Waals surface area contributed by atoms with Crippen LogP contribution in [0.5, 0.6) is 0 Å². The quantitative estimate of drug-likeness (QED) is 0.798. The number of benzene rings is 1. The third kappa shape index (κ3) is 3.58. The Hall–Kier alpha value is -1.83. The molecule has 2 aliphatic rings. The van der Waals surface area contributed by atoms with Gasteiger partial charge in [-0.05, 0) is 24.6 Å². The Morgan fingerprint density at radius 1 is 1.24 bits per heavy atom. The number of rotatable bonds is 3. The number of carboxylic acids is 1. The SMILES string of the molecule is O=C(O)[C@@H]1CN(C(=O)[C@H]2CCN(c3cc(Cl)ccc3Cl)C2=O)CCO1. The monoisotopic (exact) mass is 386 g/mol. The van der Waals surface area contributed by atoms with Crippen LogP contribution in [0.15, 0.2) is 18.2 Å². The fourth-order valence-corrected chi connectivity index (χ4v) is 3.45. The number of hydrogen-bond acceptors (Lipinski definition) is 4. The molecule has 9 heteroatoms. The van der Waals surface area contributed by atoms with Crippen molar-refractivity contribution in [3.63, 3.8) is 0 Å². The molecular formula is C16H16Cl2N2O5. The van der Waals surface area contributed by atoms with Gasteiger partial charge in [-0.15, -0.1) is 0 Å². The summed E-state index contributed by atoms with van der Waals surface area (Å²) in [5.41, 5.74) is 0.472. The zero-order valence-electron chi connectivity index (χ0n) is 13.2. The molecule has 1 aromatic rings. The van der Waals surface area contributed by atoms with Crippen LogP contribution in [0.4, 0.5) is 5.69 Å². The highest BCUT2D eigenvalue weighted by Crippen LogP contribution is 2.34. The molecule has 2 saturated heterocycles. The molecule has 2 fully saturated rings. The highest BCUT2D eigenvalue weighted by molar-refractivity contribution is 6.36. The fourth-order valence-electron chi connectivity index (χ4n) is 3.06. The summed E-state index contributed by atoms with van der Waals surface area (Å²) in [5.74, 6) is -2.70. The summed E-state index contributed by atoms with van der Waals surface area (Å²) in [4.78, 5) is 39.3. The van der Waals surface area contributed by atoms with Crippen LogP contribution in [-0.2, 0) is 19.1 Å². The Kier molecular flexibility index (Phi) is 5.17. The number of aliphatic carboxylic acids is 1. The normalized spacial score (nSPS) is 23.8. The van der Waals surface area contributed by atoms with Gasteiger partial charge in [-0.3, -0.25) is 9.59 Å². The lowest BCUT2D eigenvalue weighted by atomic mass is 10.1. The molecule has 1 N–H and O–H groups in total. The van der Waals surface area contributed by atoms with Crippen LogP contribution in [0.2, 0.25) is 10.0 Å². The molecule has 0 radical (unpaired) electrons. The number of ether oxygens (including phenoxy) is 1.